The first-order chi connectivity index (χ1) is 14.1. The number of aryl methyl sites for hydroxylation is 2. The molecular weight excluding hydrogens is 522 g/mol. The topological polar surface area (TPSA) is 74.5 Å². The highest BCUT2D eigenvalue weighted by Gasteiger charge is 2.57. The maximum atomic E-state index is 13.6. The number of imidazole rings is 1. The number of nitrogens with one attached hydrogen (secondary N) is 2. The Morgan fingerprint density at radius 3 is 2.39 bits per heavy atom. The van der Waals surface area contributed by atoms with Gasteiger partial charge in [0.2, 0.25) is 5.60 Å². The van der Waals surface area contributed by atoms with Gasteiger partial charge < -0.3 is 20.3 Å². The van der Waals surface area contributed by atoms with Crippen molar-refractivity contribution >= 4 is 29.9 Å². The Hall–Kier alpha value is -1.82. The summed E-state index contributed by atoms with van der Waals surface area (Å²) >= 11 is 0. The van der Waals surface area contributed by atoms with E-state index in [9.17, 15) is 18.3 Å². The van der Waals surface area contributed by atoms with Crippen molar-refractivity contribution in [2.45, 2.75) is 44.9 Å². The largest absolute Gasteiger partial charge is 0.424 e. The minimum absolute atomic E-state index is 0. The number of rotatable bonds is 8. The summed E-state index contributed by atoms with van der Waals surface area (Å²) in [5, 5.41) is 16.3. The summed E-state index contributed by atoms with van der Waals surface area (Å²) in [6.07, 6.45) is -2.85. The third kappa shape index (κ3) is 7.09. The highest BCUT2D eigenvalue weighted by Crippen LogP contribution is 2.40. The quantitative estimate of drug-likeness (QED) is 0.264. The molecule has 0 radical (unpaired) electrons. The molecular formula is C21H31F3IN5O. The molecule has 0 aliphatic heterocycles. The average molecular weight is 553 g/mol. The van der Waals surface area contributed by atoms with Crippen molar-refractivity contribution < 1.29 is 18.3 Å². The van der Waals surface area contributed by atoms with E-state index in [0.29, 0.717) is 19.0 Å². The second-order valence-corrected chi connectivity index (χ2v) is 7.43. The number of aliphatic imine (C=N–C) groups is 1. The van der Waals surface area contributed by atoms with Crippen molar-refractivity contribution in [2.75, 3.05) is 19.6 Å². The Labute approximate surface area is 198 Å². The van der Waals surface area contributed by atoms with Gasteiger partial charge in [-0.25, -0.2) is 4.98 Å². The number of alkyl halides is 3. The first-order valence-corrected chi connectivity index (χ1v) is 9.94. The molecule has 6 nitrogen and oxygen atoms in total. The standard InChI is InChI=1S/C21H30F3N5O.HI/c1-5-25-19(28-14-16(3)17-8-6-15(2)7-9-17)27-11-10-20(30,21(22,23)24)18-26-12-13-29(18)4;/h6-9,12-13,16,30H,5,10-11,14H2,1-4H3,(H2,25,27,28);1H. The smallest absolute Gasteiger partial charge is 0.374 e. The van der Waals surface area contributed by atoms with Crippen LogP contribution in [-0.2, 0) is 12.6 Å². The van der Waals surface area contributed by atoms with E-state index in [2.05, 4.69) is 20.6 Å². The molecule has 0 bridgehead atoms. The number of aliphatic hydroxyl groups is 1. The number of hydrogen-bond acceptors (Lipinski definition) is 3. The molecule has 2 aromatic rings. The van der Waals surface area contributed by atoms with E-state index in [4.69, 9.17) is 0 Å². The van der Waals surface area contributed by atoms with Crippen LogP contribution in [0.4, 0.5) is 13.2 Å². The maximum Gasteiger partial charge on any atom is 0.424 e. The second-order valence-electron chi connectivity index (χ2n) is 7.43. The van der Waals surface area contributed by atoms with Crippen molar-refractivity contribution in [1.82, 2.24) is 20.2 Å². The Kier molecular flexibility index (Phi) is 10.3. The molecule has 0 spiro atoms. The third-order valence-electron chi connectivity index (χ3n) is 4.95. The summed E-state index contributed by atoms with van der Waals surface area (Å²) in [7, 11) is 1.42. The van der Waals surface area contributed by atoms with E-state index in [1.54, 1.807) is 0 Å². The van der Waals surface area contributed by atoms with Crippen molar-refractivity contribution in [2.24, 2.45) is 12.0 Å². The summed E-state index contributed by atoms with van der Waals surface area (Å²) in [6.45, 7) is 6.84. The van der Waals surface area contributed by atoms with Gasteiger partial charge in [-0.3, -0.25) is 4.99 Å². The van der Waals surface area contributed by atoms with Gasteiger partial charge in [0.15, 0.2) is 5.96 Å². The normalized spacial score (nSPS) is 15.0. The van der Waals surface area contributed by atoms with Crippen molar-refractivity contribution in [3.63, 3.8) is 0 Å². The van der Waals surface area contributed by atoms with Gasteiger partial charge in [0.05, 0.1) is 0 Å². The van der Waals surface area contributed by atoms with Crippen LogP contribution in [0.5, 0.6) is 0 Å². The Balaban J connectivity index is 0.00000480. The fourth-order valence-corrected chi connectivity index (χ4v) is 3.08. The minimum atomic E-state index is -4.86. The summed E-state index contributed by atoms with van der Waals surface area (Å²) < 4.78 is 42.0. The number of halogens is 4. The number of nitrogens with zero attached hydrogens (tertiary/aromatic N) is 3. The third-order valence-corrected chi connectivity index (χ3v) is 4.95. The van der Waals surface area contributed by atoms with Gasteiger partial charge in [-0.1, -0.05) is 36.8 Å². The fraction of sp³-hybridized carbons (Fsp3) is 0.524. The van der Waals surface area contributed by atoms with Crippen LogP contribution in [0.3, 0.4) is 0 Å². The van der Waals surface area contributed by atoms with Crippen LogP contribution in [0.2, 0.25) is 0 Å². The molecule has 0 saturated carbocycles. The molecule has 3 N–H and O–H groups in total. The lowest BCUT2D eigenvalue weighted by Crippen LogP contribution is -2.48. The Morgan fingerprint density at radius 1 is 1.23 bits per heavy atom. The lowest BCUT2D eigenvalue weighted by atomic mass is 9.97. The van der Waals surface area contributed by atoms with Crippen molar-refractivity contribution in [3.05, 3.63) is 53.6 Å². The molecule has 0 aliphatic carbocycles. The molecule has 0 saturated heterocycles. The molecule has 2 unspecified atom stereocenters. The van der Waals surface area contributed by atoms with Gasteiger partial charge in [0.1, 0.15) is 5.82 Å². The van der Waals surface area contributed by atoms with E-state index < -0.39 is 24.0 Å². The predicted molar refractivity (Wildman–Crippen MR) is 127 cm³/mol. The van der Waals surface area contributed by atoms with E-state index in [1.807, 2.05) is 45.0 Å². The number of hydrogen-bond donors (Lipinski definition) is 3. The Morgan fingerprint density at radius 2 is 1.87 bits per heavy atom. The molecule has 1 aromatic heterocycles. The summed E-state index contributed by atoms with van der Waals surface area (Å²) in [5.74, 6) is 0.119. The highest BCUT2D eigenvalue weighted by molar-refractivity contribution is 14.0. The lowest BCUT2D eigenvalue weighted by molar-refractivity contribution is -0.272. The van der Waals surface area contributed by atoms with Crippen molar-refractivity contribution in [3.8, 4) is 0 Å². The number of aromatic nitrogens is 2. The number of benzene rings is 1. The molecule has 1 aromatic carbocycles. The zero-order valence-electron chi connectivity index (χ0n) is 18.2. The monoisotopic (exact) mass is 553 g/mol. The van der Waals surface area contributed by atoms with E-state index in [1.165, 1.54) is 29.6 Å². The average Bonchev–Trinajstić information content (AvgIpc) is 3.11. The fourth-order valence-electron chi connectivity index (χ4n) is 3.08. The molecule has 1 heterocycles. The highest BCUT2D eigenvalue weighted by atomic mass is 127. The maximum absolute atomic E-state index is 13.6. The molecule has 0 fully saturated rings. The lowest BCUT2D eigenvalue weighted by Gasteiger charge is -2.30. The number of guanidine groups is 1. The van der Waals surface area contributed by atoms with Gasteiger partial charge in [0, 0.05) is 51.4 Å². The molecule has 2 atom stereocenters. The van der Waals surface area contributed by atoms with Crippen LogP contribution in [0, 0.1) is 6.92 Å². The Bertz CT molecular complexity index is 838. The van der Waals surface area contributed by atoms with Crippen molar-refractivity contribution in [1.29, 1.82) is 0 Å². The van der Waals surface area contributed by atoms with E-state index >= 15 is 0 Å². The first kappa shape index (κ1) is 27.2. The van der Waals surface area contributed by atoms with Gasteiger partial charge >= 0.3 is 6.18 Å². The van der Waals surface area contributed by atoms with Crippen LogP contribution in [0.15, 0.2) is 41.7 Å². The van der Waals surface area contributed by atoms with Gasteiger partial charge in [0.25, 0.3) is 0 Å². The van der Waals surface area contributed by atoms with Gasteiger partial charge in [-0.15, -0.1) is 24.0 Å². The molecule has 10 heteroatoms. The van der Waals surface area contributed by atoms with E-state index in [0.717, 1.165) is 5.56 Å². The van der Waals surface area contributed by atoms with Gasteiger partial charge in [-0.05, 0) is 19.4 Å². The van der Waals surface area contributed by atoms with E-state index in [-0.39, 0.29) is 36.4 Å². The van der Waals surface area contributed by atoms with Crippen LogP contribution in [-0.4, -0.2) is 46.4 Å². The van der Waals surface area contributed by atoms with Gasteiger partial charge in [-0.2, -0.15) is 13.2 Å². The molecule has 31 heavy (non-hydrogen) atoms. The van der Waals surface area contributed by atoms with Crippen LogP contribution < -0.4 is 10.6 Å². The molecule has 0 amide bonds. The summed E-state index contributed by atoms with van der Waals surface area (Å²) in [5.41, 5.74) is -0.735. The minimum Gasteiger partial charge on any atom is -0.374 e. The summed E-state index contributed by atoms with van der Waals surface area (Å²) in [6, 6.07) is 8.17. The van der Waals surface area contributed by atoms with Crippen LogP contribution in [0.1, 0.15) is 43.1 Å². The zero-order chi connectivity index (χ0) is 22.4. The molecule has 2 rings (SSSR count). The summed E-state index contributed by atoms with van der Waals surface area (Å²) in [4.78, 5) is 8.19. The zero-order valence-corrected chi connectivity index (χ0v) is 20.5. The predicted octanol–water partition coefficient (Wildman–Crippen LogP) is 3.85. The first-order valence-electron chi connectivity index (χ1n) is 9.94. The molecule has 0 aliphatic rings. The van der Waals surface area contributed by atoms with Crippen LogP contribution in [0.25, 0.3) is 0 Å². The SMILES string of the molecule is CCNC(=NCC(C)c1ccc(C)cc1)NCCC(O)(c1nccn1C)C(F)(F)F.I. The van der Waals surface area contributed by atoms with Crippen LogP contribution >= 0.6 is 24.0 Å². The molecule has 174 valence electrons. The second kappa shape index (κ2) is 11.7.